The molecule has 0 unspecified atom stereocenters. The topological polar surface area (TPSA) is 185 Å². The van der Waals surface area contributed by atoms with E-state index in [2.05, 4.69) is 33.9 Å². The average Bonchev–Trinajstić information content (AvgIpc) is 3.23. The van der Waals surface area contributed by atoms with Gasteiger partial charge in [-0.1, -0.05) is 56.1 Å². The van der Waals surface area contributed by atoms with Crippen LogP contribution in [0.25, 0.3) is 16.7 Å². The van der Waals surface area contributed by atoms with Gasteiger partial charge in [-0.15, -0.1) is 0 Å². The van der Waals surface area contributed by atoms with Gasteiger partial charge in [-0.05, 0) is 53.1 Å². The zero-order chi connectivity index (χ0) is 41.7. The highest BCUT2D eigenvalue weighted by atomic mass is 16.6. The van der Waals surface area contributed by atoms with Crippen LogP contribution in [0.15, 0.2) is 92.5 Å². The molecule has 3 rings (SSSR count). The van der Waals surface area contributed by atoms with Gasteiger partial charge in [-0.3, -0.25) is 14.4 Å². The predicted octanol–water partition coefficient (Wildman–Crippen LogP) is 4.95. The maximum Gasteiger partial charge on any atom is 0.337 e. The van der Waals surface area contributed by atoms with Crippen LogP contribution in [0.3, 0.4) is 0 Å². The molecule has 0 atom stereocenters. The molecule has 3 aromatic rings. The van der Waals surface area contributed by atoms with Crippen LogP contribution in [0.4, 0.5) is 0 Å². The summed E-state index contributed by atoms with van der Waals surface area (Å²) in [4.78, 5) is 72.9. The standard InChI is InChI=1S/C42H44O15/c1-27(40(46)49-4)30-7-13-33(14-8-30)52-22-19-37(43)55-25-36(57-39(45)21-24-54-35-17-11-32(12-18-35)29(3)42(48)51-6)26-56-38(44)20-23-53-34-15-9-31(10-16-34)28(2)41(47)50-5/h7-18,36H,1-3,19-26H2,4-6H3. The van der Waals surface area contributed by atoms with E-state index in [-0.39, 0.29) is 55.8 Å². The van der Waals surface area contributed by atoms with Gasteiger partial charge in [0.15, 0.2) is 6.10 Å². The van der Waals surface area contributed by atoms with E-state index in [0.717, 1.165) is 0 Å². The Bertz CT molecular complexity index is 1800. The fourth-order valence-electron chi connectivity index (χ4n) is 4.61. The molecule has 0 heterocycles. The minimum absolute atomic E-state index is 0.0482. The molecule has 15 heteroatoms. The molecule has 0 amide bonds. The van der Waals surface area contributed by atoms with Crippen molar-refractivity contribution in [3.8, 4) is 17.2 Å². The summed E-state index contributed by atoms with van der Waals surface area (Å²) in [5, 5.41) is 0. The Balaban J connectivity index is 1.50. The third kappa shape index (κ3) is 15.0. The summed E-state index contributed by atoms with van der Waals surface area (Å²) in [7, 11) is 3.76. The first kappa shape index (κ1) is 44.5. The maximum atomic E-state index is 12.7. The molecule has 0 aliphatic rings. The number of rotatable bonds is 23. The van der Waals surface area contributed by atoms with E-state index < -0.39 is 55.1 Å². The number of ether oxygens (including phenoxy) is 9. The summed E-state index contributed by atoms with van der Waals surface area (Å²) >= 11 is 0. The molecule has 0 aliphatic carbocycles. The lowest BCUT2D eigenvalue weighted by molar-refractivity contribution is -0.167. The quantitative estimate of drug-likeness (QED) is 0.0714. The largest absolute Gasteiger partial charge is 0.493 e. The van der Waals surface area contributed by atoms with Crippen molar-refractivity contribution in [1.82, 2.24) is 0 Å². The highest BCUT2D eigenvalue weighted by Gasteiger charge is 2.20. The first-order valence-electron chi connectivity index (χ1n) is 17.4. The van der Waals surface area contributed by atoms with Crippen LogP contribution in [0.5, 0.6) is 17.2 Å². The van der Waals surface area contributed by atoms with Gasteiger partial charge in [-0.2, -0.15) is 0 Å². The summed E-state index contributed by atoms with van der Waals surface area (Å²) in [6, 6.07) is 19.3. The SMILES string of the molecule is C=C(C(=O)OC)c1ccc(OCCC(=O)OCC(COC(=O)CCOc2ccc(C(=C)C(=O)OC)cc2)OC(=O)CCOc2ccc(C(=C)C(=O)OC)cc2)cc1. The van der Waals surface area contributed by atoms with Gasteiger partial charge in [0.1, 0.15) is 30.5 Å². The van der Waals surface area contributed by atoms with Gasteiger partial charge in [-0.25, -0.2) is 14.4 Å². The van der Waals surface area contributed by atoms with E-state index in [9.17, 15) is 28.8 Å². The van der Waals surface area contributed by atoms with E-state index >= 15 is 0 Å². The molecule has 0 spiro atoms. The van der Waals surface area contributed by atoms with E-state index in [0.29, 0.717) is 33.9 Å². The van der Waals surface area contributed by atoms with Crippen LogP contribution < -0.4 is 14.2 Å². The number of hydrogen-bond donors (Lipinski definition) is 0. The first-order valence-corrected chi connectivity index (χ1v) is 17.4. The van der Waals surface area contributed by atoms with Crippen LogP contribution in [-0.2, 0) is 57.2 Å². The molecule has 0 bridgehead atoms. The van der Waals surface area contributed by atoms with Gasteiger partial charge in [0.2, 0.25) is 0 Å². The minimum Gasteiger partial charge on any atom is -0.493 e. The molecule has 0 radical (unpaired) electrons. The van der Waals surface area contributed by atoms with Gasteiger partial charge >= 0.3 is 35.8 Å². The van der Waals surface area contributed by atoms with Gasteiger partial charge in [0.05, 0.1) is 77.1 Å². The number of hydrogen-bond acceptors (Lipinski definition) is 15. The second-order valence-electron chi connectivity index (χ2n) is 11.8. The molecule has 302 valence electrons. The monoisotopic (exact) mass is 788 g/mol. The van der Waals surface area contributed by atoms with Crippen molar-refractivity contribution < 1.29 is 71.4 Å². The number of esters is 6. The number of carbonyl (C=O) groups excluding carboxylic acids is 6. The van der Waals surface area contributed by atoms with E-state index in [4.69, 9.17) is 28.4 Å². The molecular formula is C42H44O15. The Morgan fingerprint density at radius 1 is 0.456 bits per heavy atom. The lowest BCUT2D eigenvalue weighted by atomic mass is 10.1. The lowest BCUT2D eigenvalue weighted by Crippen LogP contribution is -2.31. The second-order valence-corrected chi connectivity index (χ2v) is 11.8. The summed E-state index contributed by atoms with van der Waals surface area (Å²) in [6.45, 7) is 10.1. The Morgan fingerprint density at radius 3 is 1.02 bits per heavy atom. The molecule has 0 saturated heterocycles. The van der Waals surface area contributed by atoms with Crippen LogP contribution in [-0.4, -0.2) is 96.3 Å². The van der Waals surface area contributed by atoms with Crippen molar-refractivity contribution in [1.29, 1.82) is 0 Å². The molecule has 0 N–H and O–H groups in total. The number of benzene rings is 3. The van der Waals surface area contributed by atoms with Crippen molar-refractivity contribution in [2.75, 3.05) is 54.4 Å². The molecule has 0 aromatic heterocycles. The fourth-order valence-corrected chi connectivity index (χ4v) is 4.61. The Morgan fingerprint density at radius 2 is 0.737 bits per heavy atom. The molecule has 0 saturated carbocycles. The number of carbonyl (C=O) groups is 6. The van der Waals surface area contributed by atoms with E-state index in [1.165, 1.54) is 21.3 Å². The zero-order valence-electron chi connectivity index (χ0n) is 31.9. The highest BCUT2D eigenvalue weighted by Crippen LogP contribution is 2.21. The van der Waals surface area contributed by atoms with Crippen molar-refractivity contribution >= 4 is 52.5 Å². The van der Waals surface area contributed by atoms with Crippen LogP contribution in [0, 0.1) is 0 Å². The van der Waals surface area contributed by atoms with Gasteiger partial charge in [0, 0.05) is 0 Å². The normalized spacial score (nSPS) is 10.3. The molecule has 0 fully saturated rings. The Hall–Kier alpha value is -6.90. The molecule has 57 heavy (non-hydrogen) atoms. The number of methoxy groups -OCH3 is 3. The third-order valence-corrected chi connectivity index (χ3v) is 7.79. The zero-order valence-corrected chi connectivity index (χ0v) is 31.9. The average molecular weight is 789 g/mol. The van der Waals surface area contributed by atoms with Crippen molar-refractivity contribution in [3.63, 3.8) is 0 Å². The Kier molecular flexibility index (Phi) is 18.0. The predicted molar refractivity (Wildman–Crippen MR) is 205 cm³/mol. The highest BCUT2D eigenvalue weighted by molar-refractivity contribution is 6.16. The summed E-state index contributed by atoms with van der Waals surface area (Å²) in [5.41, 5.74) is 2.15. The fraction of sp³-hybridized carbons (Fsp3) is 0.286. The van der Waals surface area contributed by atoms with E-state index in [1.54, 1.807) is 72.8 Å². The van der Waals surface area contributed by atoms with Crippen molar-refractivity contribution in [3.05, 3.63) is 109 Å². The summed E-state index contributed by atoms with van der Waals surface area (Å²) in [5.74, 6) is -2.49. The summed E-state index contributed by atoms with van der Waals surface area (Å²) in [6.07, 6.45) is -1.67. The second kappa shape index (κ2) is 23.1. The Labute approximate surface area is 329 Å². The molecule has 0 aliphatic heterocycles. The van der Waals surface area contributed by atoms with Crippen molar-refractivity contribution in [2.24, 2.45) is 0 Å². The van der Waals surface area contributed by atoms with Crippen LogP contribution in [0.1, 0.15) is 36.0 Å². The smallest absolute Gasteiger partial charge is 0.337 e. The lowest BCUT2D eigenvalue weighted by Gasteiger charge is -2.18. The maximum absolute atomic E-state index is 12.7. The molecular weight excluding hydrogens is 744 g/mol. The van der Waals surface area contributed by atoms with Crippen LogP contribution in [0.2, 0.25) is 0 Å². The summed E-state index contributed by atoms with van der Waals surface area (Å²) < 4.78 is 46.8. The van der Waals surface area contributed by atoms with Gasteiger partial charge < -0.3 is 42.6 Å². The molecule has 3 aromatic carbocycles. The third-order valence-electron chi connectivity index (χ3n) is 7.79. The first-order chi connectivity index (χ1) is 27.3. The van der Waals surface area contributed by atoms with E-state index in [1.807, 2.05) is 0 Å². The molecule has 15 nitrogen and oxygen atoms in total. The minimum atomic E-state index is -1.15. The van der Waals surface area contributed by atoms with Gasteiger partial charge in [0.25, 0.3) is 0 Å². The van der Waals surface area contributed by atoms with Crippen LogP contribution >= 0.6 is 0 Å². The van der Waals surface area contributed by atoms with Crippen molar-refractivity contribution in [2.45, 2.75) is 25.4 Å².